The quantitative estimate of drug-likeness (QED) is 0.656. The third kappa shape index (κ3) is 1.91. The van der Waals surface area contributed by atoms with Crippen LogP contribution in [0.5, 0.6) is 5.88 Å². The molecule has 0 bridgehead atoms. The zero-order valence-electron chi connectivity index (χ0n) is 10.0. The lowest BCUT2D eigenvalue weighted by atomic mass is 10.1. The Bertz CT molecular complexity index is 622. The molecule has 0 spiro atoms. The molecule has 17 heavy (non-hydrogen) atoms. The Morgan fingerprint density at radius 3 is 2.18 bits per heavy atom. The smallest absolute Gasteiger partial charge is 0.333 e. The second kappa shape index (κ2) is 4.36. The molecule has 7 heteroatoms. The van der Waals surface area contributed by atoms with E-state index in [1.165, 1.54) is 28.1 Å². The first-order valence-electron chi connectivity index (χ1n) is 4.80. The molecule has 1 heterocycles. The van der Waals surface area contributed by atoms with Crippen LogP contribution in [-0.2, 0) is 18.9 Å². The van der Waals surface area contributed by atoms with Gasteiger partial charge in [0.15, 0.2) is 5.78 Å². The Hall–Kier alpha value is -2.18. The van der Waals surface area contributed by atoms with Crippen molar-refractivity contribution in [3.63, 3.8) is 0 Å². The number of hydrogen-bond donors (Lipinski definition) is 1. The van der Waals surface area contributed by atoms with E-state index in [-0.39, 0.29) is 11.3 Å². The van der Waals surface area contributed by atoms with Crippen molar-refractivity contribution in [3.05, 3.63) is 26.4 Å². The van der Waals surface area contributed by atoms with Crippen LogP contribution in [-0.4, -0.2) is 32.8 Å². The van der Waals surface area contributed by atoms with Gasteiger partial charge in [-0.05, 0) is 0 Å². The fourth-order valence-corrected chi connectivity index (χ4v) is 1.49. The van der Waals surface area contributed by atoms with Crippen molar-refractivity contribution in [2.75, 3.05) is 7.05 Å². The number of aromatic hydroxyl groups is 1. The predicted octanol–water partition coefficient (Wildman–Crippen LogP) is -1.20. The van der Waals surface area contributed by atoms with Crippen LogP contribution in [0, 0.1) is 0 Å². The third-order valence-corrected chi connectivity index (χ3v) is 2.43. The molecular formula is C10H13N3O4. The van der Waals surface area contributed by atoms with Crippen LogP contribution in [0.15, 0.2) is 14.6 Å². The van der Waals surface area contributed by atoms with Crippen LogP contribution >= 0.6 is 0 Å². The highest BCUT2D eigenvalue weighted by molar-refractivity contribution is 6.45. The van der Waals surface area contributed by atoms with Gasteiger partial charge in [0.25, 0.3) is 5.56 Å². The highest BCUT2D eigenvalue weighted by Crippen LogP contribution is 2.10. The van der Waals surface area contributed by atoms with Crippen molar-refractivity contribution in [3.8, 4) is 5.88 Å². The van der Waals surface area contributed by atoms with Crippen molar-refractivity contribution < 1.29 is 9.90 Å². The van der Waals surface area contributed by atoms with Crippen molar-refractivity contribution in [1.29, 1.82) is 0 Å². The minimum absolute atomic E-state index is 0.154. The molecule has 0 radical (unpaired) electrons. The molecule has 1 aromatic rings. The summed E-state index contributed by atoms with van der Waals surface area (Å²) in [5, 5.41) is 9.75. The lowest BCUT2D eigenvalue weighted by Crippen LogP contribution is -2.41. The number of aliphatic imine (C=N–C) groups is 1. The lowest BCUT2D eigenvalue weighted by molar-refractivity contribution is -0.111. The molecule has 0 aromatic carbocycles. The Morgan fingerprint density at radius 1 is 1.24 bits per heavy atom. The summed E-state index contributed by atoms with van der Waals surface area (Å²) in [6.45, 7) is 1.23. The van der Waals surface area contributed by atoms with Crippen LogP contribution in [0.3, 0.4) is 0 Å². The summed E-state index contributed by atoms with van der Waals surface area (Å²) < 4.78 is 1.69. The summed E-state index contributed by atoms with van der Waals surface area (Å²) in [5.74, 6) is -1.02. The summed E-state index contributed by atoms with van der Waals surface area (Å²) in [7, 11) is 3.90. The van der Waals surface area contributed by atoms with E-state index in [9.17, 15) is 19.5 Å². The maximum atomic E-state index is 11.8. The van der Waals surface area contributed by atoms with Gasteiger partial charge in [-0.2, -0.15) is 0 Å². The third-order valence-electron chi connectivity index (χ3n) is 2.43. The van der Waals surface area contributed by atoms with Crippen molar-refractivity contribution >= 4 is 11.5 Å². The Balaban J connectivity index is 3.85. The number of carbonyl (C=O) groups excluding carboxylic acids is 1. The van der Waals surface area contributed by atoms with E-state index in [0.29, 0.717) is 0 Å². The van der Waals surface area contributed by atoms with Gasteiger partial charge in [-0.1, -0.05) is 0 Å². The van der Waals surface area contributed by atoms with E-state index < -0.39 is 22.9 Å². The molecule has 1 rings (SSSR count). The zero-order valence-corrected chi connectivity index (χ0v) is 10.0. The van der Waals surface area contributed by atoms with Crippen molar-refractivity contribution in [1.82, 2.24) is 9.13 Å². The summed E-state index contributed by atoms with van der Waals surface area (Å²) in [5.41, 5.74) is -1.83. The number of rotatable bonds is 2. The fourth-order valence-electron chi connectivity index (χ4n) is 1.49. The standard InChI is InChI=1S/C10H13N3O4/c1-5(14)7(11-2)6-8(15)12(3)10(17)13(4)9(6)16/h15H,1-4H3. The van der Waals surface area contributed by atoms with Gasteiger partial charge in [0, 0.05) is 28.1 Å². The number of Topliss-reactive ketones (excluding diaryl/α,β-unsaturated/α-hetero) is 1. The molecule has 0 aliphatic heterocycles. The molecule has 7 nitrogen and oxygen atoms in total. The molecule has 0 unspecified atom stereocenters. The van der Waals surface area contributed by atoms with Gasteiger partial charge in [0.1, 0.15) is 11.3 Å². The Labute approximate surface area is 96.7 Å². The molecule has 0 saturated heterocycles. The molecule has 0 aliphatic carbocycles. The average Bonchev–Trinajstić information content (AvgIpc) is 2.29. The molecule has 1 N–H and O–H groups in total. The van der Waals surface area contributed by atoms with E-state index in [4.69, 9.17) is 0 Å². The Kier molecular flexibility index (Phi) is 3.31. The number of carbonyl (C=O) groups is 1. The van der Waals surface area contributed by atoms with Gasteiger partial charge in [-0.25, -0.2) is 4.79 Å². The molecule has 0 atom stereocenters. The van der Waals surface area contributed by atoms with Crippen LogP contribution in [0.25, 0.3) is 0 Å². The summed E-state index contributed by atoms with van der Waals surface area (Å²) in [6, 6.07) is 0. The summed E-state index contributed by atoms with van der Waals surface area (Å²) >= 11 is 0. The van der Waals surface area contributed by atoms with Crippen molar-refractivity contribution in [2.24, 2.45) is 19.1 Å². The largest absolute Gasteiger partial charge is 0.494 e. The minimum Gasteiger partial charge on any atom is -0.494 e. The molecule has 0 saturated carbocycles. The van der Waals surface area contributed by atoms with E-state index in [2.05, 4.69) is 4.99 Å². The topological polar surface area (TPSA) is 93.7 Å². The van der Waals surface area contributed by atoms with Gasteiger partial charge < -0.3 is 5.11 Å². The molecule has 92 valence electrons. The first kappa shape index (κ1) is 12.9. The maximum absolute atomic E-state index is 11.8. The van der Waals surface area contributed by atoms with Crippen LogP contribution < -0.4 is 11.2 Å². The first-order chi connectivity index (χ1) is 7.82. The predicted molar refractivity (Wildman–Crippen MR) is 61.7 cm³/mol. The van der Waals surface area contributed by atoms with Gasteiger partial charge in [-0.3, -0.25) is 23.7 Å². The van der Waals surface area contributed by atoms with E-state index in [0.717, 1.165) is 9.13 Å². The first-order valence-corrected chi connectivity index (χ1v) is 4.80. The maximum Gasteiger partial charge on any atom is 0.333 e. The molecule has 0 amide bonds. The monoisotopic (exact) mass is 239 g/mol. The number of ketones is 1. The Morgan fingerprint density at radius 2 is 1.76 bits per heavy atom. The number of aromatic nitrogens is 2. The van der Waals surface area contributed by atoms with E-state index in [1.54, 1.807) is 0 Å². The van der Waals surface area contributed by atoms with E-state index in [1.807, 2.05) is 0 Å². The highest BCUT2D eigenvalue weighted by Gasteiger charge is 2.22. The SMILES string of the molecule is CN=C(C(C)=O)c1c(O)n(C)c(=O)n(C)c1=O. The summed E-state index contributed by atoms with van der Waals surface area (Å²) in [6.07, 6.45) is 0. The van der Waals surface area contributed by atoms with Crippen molar-refractivity contribution in [2.45, 2.75) is 6.92 Å². The van der Waals surface area contributed by atoms with Gasteiger partial charge >= 0.3 is 5.69 Å². The van der Waals surface area contributed by atoms with Gasteiger partial charge in [0.05, 0.1) is 0 Å². The van der Waals surface area contributed by atoms with Gasteiger partial charge in [-0.15, -0.1) is 0 Å². The van der Waals surface area contributed by atoms with Gasteiger partial charge in [0.2, 0.25) is 5.88 Å². The normalized spacial score (nSPS) is 11.6. The van der Waals surface area contributed by atoms with Crippen LogP contribution in [0.4, 0.5) is 0 Å². The second-order valence-electron chi connectivity index (χ2n) is 3.53. The molecular weight excluding hydrogens is 226 g/mol. The molecule has 0 fully saturated rings. The average molecular weight is 239 g/mol. The number of nitrogens with zero attached hydrogens (tertiary/aromatic N) is 3. The zero-order chi connectivity index (χ0) is 13.3. The molecule has 0 aliphatic rings. The molecule has 1 aromatic heterocycles. The second-order valence-corrected chi connectivity index (χ2v) is 3.53. The van der Waals surface area contributed by atoms with Crippen LogP contribution in [0.2, 0.25) is 0 Å². The highest BCUT2D eigenvalue weighted by atomic mass is 16.3. The van der Waals surface area contributed by atoms with Crippen LogP contribution in [0.1, 0.15) is 12.5 Å². The summed E-state index contributed by atoms with van der Waals surface area (Å²) in [4.78, 5) is 38.3. The number of hydrogen-bond acceptors (Lipinski definition) is 5. The fraction of sp³-hybridized carbons (Fsp3) is 0.400. The van der Waals surface area contributed by atoms with E-state index >= 15 is 0 Å². The lowest BCUT2D eigenvalue weighted by Gasteiger charge is -2.10. The minimum atomic E-state index is -0.749.